The van der Waals surface area contributed by atoms with Crippen LogP contribution in [0.4, 0.5) is 11.4 Å². The minimum atomic E-state index is -0.0804. The predicted octanol–water partition coefficient (Wildman–Crippen LogP) is 6.24. The van der Waals surface area contributed by atoms with Crippen LogP contribution in [-0.2, 0) is 0 Å². The maximum absolute atomic E-state index is 5.91. The number of nitrogens with zero attached hydrogens (tertiary/aromatic N) is 4. The van der Waals surface area contributed by atoms with Crippen molar-refractivity contribution in [3.63, 3.8) is 0 Å². The van der Waals surface area contributed by atoms with Crippen LogP contribution in [0.15, 0.2) is 91.3 Å². The van der Waals surface area contributed by atoms with Crippen molar-refractivity contribution in [1.82, 2.24) is 14.9 Å². The molecule has 0 spiro atoms. The molecule has 3 heterocycles. The monoisotopic (exact) mass is 481 g/mol. The van der Waals surface area contributed by atoms with Crippen molar-refractivity contribution in [3.05, 3.63) is 108 Å². The largest absolute Gasteiger partial charge is 0.378 e. The van der Waals surface area contributed by atoms with E-state index in [4.69, 9.17) is 17.2 Å². The van der Waals surface area contributed by atoms with Gasteiger partial charge in [-0.2, -0.15) is 0 Å². The van der Waals surface area contributed by atoms with E-state index >= 15 is 0 Å². The number of anilines is 2. The van der Waals surface area contributed by atoms with Gasteiger partial charge in [0.1, 0.15) is 6.04 Å². The van der Waals surface area contributed by atoms with E-state index in [1.54, 1.807) is 0 Å². The van der Waals surface area contributed by atoms with Crippen LogP contribution in [0.3, 0.4) is 0 Å². The summed E-state index contributed by atoms with van der Waals surface area (Å²) in [4.78, 5) is 9.04. The Bertz CT molecular complexity index is 1290. The molecule has 5 rings (SSSR count). The zero-order chi connectivity index (χ0) is 24.5. The summed E-state index contributed by atoms with van der Waals surface area (Å²) in [6.45, 7) is 4.43. The Morgan fingerprint density at radius 1 is 0.886 bits per heavy atom. The lowest BCUT2D eigenvalue weighted by molar-refractivity contribution is 0.549. The summed E-state index contributed by atoms with van der Waals surface area (Å²) in [5.41, 5.74) is 6.79. The lowest BCUT2D eigenvalue weighted by Gasteiger charge is -2.29. The Hall–Kier alpha value is -3.64. The van der Waals surface area contributed by atoms with Crippen LogP contribution in [0.1, 0.15) is 48.8 Å². The molecule has 0 aliphatic carbocycles. The van der Waals surface area contributed by atoms with Crippen molar-refractivity contribution < 1.29 is 0 Å². The molecule has 1 fully saturated rings. The lowest BCUT2D eigenvalue weighted by Crippen LogP contribution is -2.30. The Kier molecular flexibility index (Phi) is 6.31. The summed E-state index contributed by atoms with van der Waals surface area (Å²) in [5.74, 6) is 0.479. The molecule has 0 saturated carbocycles. The Morgan fingerprint density at radius 3 is 2.23 bits per heavy atom. The Balaban J connectivity index is 1.61. The van der Waals surface area contributed by atoms with Gasteiger partial charge in [0.2, 0.25) is 0 Å². The number of rotatable bonds is 6. The van der Waals surface area contributed by atoms with Gasteiger partial charge in [0.15, 0.2) is 5.11 Å². The molecule has 1 aliphatic rings. The fraction of sp³-hybridized carbons (Fsp3) is 0.241. The molecular weight excluding hydrogens is 450 g/mol. The van der Waals surface area contributed by atoms with Crippen molar-refractivity contribution in [3.8, 4) is 5.69 Å². The van der Waals surface area contributed by atoms with Gasteiger partial charge < -0.3 is 19.7 Å². The molecule has 1 aliphatic heterocycles. The van der Waals surface area contributed by atoms with Gasteiger partial charge in [-0.25, -0.2) is 0 Å². The first-order valence-electron chi connectivity index (χ1n) is 12.0. The highest BCUT2D eigenvalue weighted by molar-refractivity contribution is 7.80. The molecule has 178 valence electrons. The normalized spacial score (nSPS) is 17.6. The van der Waals surface area contributed by atoms with Crippen LogP contribution >= 0.6 is 12.2 Å². The quantitative estimate of drug-likeness (QED) is 0.330. The minimum Gasteiger partial charge on any atom is -0.378 e. The van der Waals surface area contributed by atoms with Gasteiger partial charge in [0.05, 0.1) is 11.7 Å². The molecule has 1 saturated heterocycles. The molecule has 0 radical (unpaired) electrons. The van der Waals surface area contributed by atoms with E-state index in [-0.39, 0.29) is 12.1 Å². The van der Waals surface area contributed by atoms with E-state index in [1.807, 2.05) is 18.3 Å². The summed E-state index contributed by atoms with van der Waals surface area (Å²) in [5, 5.41) is 4.28. The van der Waals surface area contributed by atoms with Gasteiger partial charge in [-0.3, -0.25) is 4.98 Å². The number of hydrogen-bond donors (Lipinski definition) is 1. The zero-order valence-electron chi connectivity index (χ0n) is 20.6. The molecule has 6 heteroatoms. The van der Waals surface area contributed by atoms with Crippen molar-refractivity contribution >= 4 is 28.7 Å². The maximum Gasteiger partial charge on any atom is 0.174 e. The third-order valence-electron chi connectivity index (χ3n) is 6.66. The summed E-state index contributed by atoms with van der Waals surface area (Å²) < 4.78 is 2.26. The van der Waals surface area contributed by atoms with Gasteiger partial charge in [0, 0.05) is 49.2 Å². The van der Waals surface area contributed by atoms with E-state index in [2.05, 4.69) is 121 Å². The standard InChI is InChI=1S/C29H31N5S/c1-20(2)21-10-12-24(13-11-21)34-28(27(31-29(34)35)25-8-5-6-18-30-25)26-9-7-19-33(26)23-16-14-22(15-17-23)32(3)4/h5-20,27-28H,1-4H3,(H,31,35)/t27-,28+/m0/s1. The van der Waals surface area contributed by atoms with Crippen LogP contribution in [0.2, 0.25) is 0 Å². The molecule has 4 aromatic rings. The molecule has 0 unspecified atom stereocenters. The number of pyridine rings is 1. The Labute approximate surface area is 213 Å². The summed E-state index contributed by atoms with van der Waals surface area (Å²) in [6, 6.07) is 27.6. The average Bonchev–Trinajstić information content (AvgIpc) is 3.49. The van der Waals surface area contributed by atoms with Gasteiger partial charge in [-0.1, -0.05) is 32.0 Å². The molecule has 0 bridgehead atoms. The number of benzene rings is 2. The lowest BCUT2D eigenvalue weighted by atomic mass is 9.99. The molecule has 1 N–H and O–H groups in total. The molecule has 0 amide bonds. The topological polar surface area (TPSA) is 36.3 Å². The number of aromatic nitrogens is 2. The van der Waals surface area contributed by atoms with Crippen LogP contribution in [0, 0.1) is 0 Å². The molecule has 35 heavy (non-hydrogen) atoms. The van der Waals surface area contributed by atoms with Crippen LogP contribution in [0.5, 0.6) is 0 Å². The maximum atomic E-state index is 5.91. The van der Waals surface area contributed by atoms with E-state index in [9.17, 15) is 0 Å². The zero-order valence-corrected chi connectivity index (χ0v) is 21.4. The summed E-state index contributed by atoms with van der Waals surface area (Å²) >= 11 is 5.91. The van der Waals surface area contributed by atoms with Crippen molar-refractivity contribution in [2.24, 2.45) is 0 Å². The molecule has 5 nitrogen and oxygen atoms in total. The third-order valence-corrected chi connectivity index (χ3v) is 6.98. The van der Waals surface area contributed by atoms with E-state index in [0.29, 0.717) is 11.0 Å². The summed E-state index contributed by atoms with van der Waals surface area (Å²) in [6.07, 6.45) is 3.97. The third kappa shape index (κ3) is 4.42. The van der Waals surface area contributed by atoms with Gasteiger partial charge in [-0.15, -0.1) is 0 Å². The molecule has 2 aromatic carbocycles. The van der Waals surface area contributed by atoms with Gasteiger partial charge in [0.25, 0.3) is 0 Å². The van der Waals surface area contributed by atoms with Crippen molar-refractivity contribution in [2.45, 2.75) is 31.8 Å². The first kappa shape index (κ1) is 23.1. The van der Waals surface area contributed by atoms with Crippen molar-refractivity contribution in [2.75, 3.05) is 23.9 Å². The molecule has 2 aromatic heterocycles. The van der Waals surface area contributed by atoms with E-state index < -0.39 is 0 Å². The highest BCUT2D eigenvalue weighted by Gasteiger charge is 2.42. The highest BCUT2D eigenvalue weighted by atomic mass is 32.1. The highest BCUT2D eigenvalue weighted by Crippen LogP contribution is 2.42. The summed E-state index contributed by atoms with van der Waals surface area (Å²) in [7, 11) is 4.11. The van der Waals surface area contributed by atoms with Crippen molar-refractivity contribution in [1.29, 1.82) is 0 Å². The average molecular weight is 482 g/mol. The van der Waals surface area contributed by atoms with Crippen LogP contribution < -0.4 is 15.1 Å². The van der Waals surface area contributed by atoms with E-state index in [1.165, 1.54) is 11.3 Å². The van der Waals surface area contributed by atoms with Crippen LogP contribution in [-0.4, -0.2) is 28.8 Å². The number of thiocarbonyl (C=S) groups is 1. The molecule has 2 atom stereocenters. The minimum absolute atomic E-state index is 0.0641. The second-order valence-corrected chi connectivity index (χ2v) is 9.84. The molecular formula is C29H31N5S. The van der Waals surface area contributed by atoms with E-state index in [0.717, 1.165) is 22.8 Å². The SMILES string of the molecule is CC(C)c1ccc(N2C(=S)N[C@@H](c3ccccn3)[C@H]2c2cccn2-c2ccc(N(C)C)cc2)cc1. The first-order valence-corrected chi connectivity index (χ1v) is 12.4. The predicted molar refractivity (Wildman–Crippen MR) is 149 cm³/mol. The smallest absolute Gasteiger partial charge is 0.174 e. The Morgan fingerprint density at radius 2 is 1.60 bits per heavy atom. The number of nitrogens with one attached hydrogen (secondary N) is 1. The van der Waals surface area contributed by atoms with Gasteiger partial charge in [-0.05, 0) is 84.4 Å². The van der Waals surface area contributed by atoms with Crippen LogP contribution in [0.25, 0.3) is 5.69 Å². The fourth-order valence-corrected chi connectivity index (χ4v) is 5.08. The first-order chi connectivity index (χ1) is 16.9. The number of hydrogen-bond acceptors (Lipinski definition) is 3. The fourth-order valence-electron chi connectivity index (χ4n) is 4.73. The van der Waals surface area contributed by atoms with Gasteiger partial charge >= 0.3 is 0 Å². The second-order valence-electron chi connectivity index (χ2n) is 9.46. The second kappa shape index (κ2) is 9.55.